The third-order valence-corrected chi connectivity index (χ3v) is 4.46. The van der Waals surface area contributed by atoms with Gasteiger partial charge in [0.15, 0.2) is 0 Å². The van der Waals surface area contributed by atoms with Crippen molar-refractivity contribution in [1.29, 1.82) is 0 Å². The topological polar surface area (TPSA) is 20.2 Å². The third-order valence-electron chi connectivity index (χ3n) is 3.25. The number of rotatable bonds is 3. The first-order valence-electron chi connectivity index (χ1n) is 6.34. The van der Waals surface area contributed by atoms with Crippen molar-refractivity contribution in [2.45, 2.75) is 12.5 Å². The van der Waals surface area contributed by atoms with E-state index in [0.717, 1.165) is 22.9 Å². The lowest BCUT2D eigenvalue weighted by Crippen LogP contribution is -2.02. The van der Waals surface area contributed by atoms with E-state index in [1.165, 1.54) is 23.5 Å². The van der Waals surface area contributed by atoms with Gasteiger partial charge in [0.05, 0.1) is 6.10 Å². The van der Waals surface area contributed by atoms with Crippen LogP contribution in [0.3, 0.4) is 0 Å². The second-order valence-electron chi connectivity index (χ2n) is 4.79. The molecule has 5 heteroatoms. The molecule has 3 aromatic rings. The van der Waals surface area contributed by atoms with Gasteiger partial charge in [0.2, 0.25) is 0 Å². The van der Waals surface area contributed by atoms with Gasteiger partial charge in [-0.3, -0.25) is 0 Å². The van der Waals surface area contributed by atoms with Gasteiger partial charge in [0.25, 0.3) is 0 Å². The van der Waals surface area contributed by atoms with Gasteiger partial charge in [-0.05, 0) is 53.4 Å². The van der Waals surface area contributed by atoms with Crippen LogP contribution < -0.4 is 0 Å². The summed E-state index contributed by atoms with van der Waals surface area (Å²) >= 11 is 1.31. The van der Waals surface area contributed by atoms with Crippen molar-refractivity contribution < 1.29 is 18.3 Å². The zero-order valence-corrected chi connectivity index (χ0v) is 11.6. The minimum absolute atomic E-state index is 0.0289. The Bertz CT molecular complexity index is 797. The molecular weight excluding hydrogens is 297 g/mol. The van der Waals surface area contributed by atoms with E-state index < -0.39 is 17.7 Å². The van der Waals surface area contributed by atoms with Crippen molar-refractivity contribution in [1.82, 2.24) is 0 Å². The number of halogens is 3. The monoisotopic (exact) mass is 308 g/mol. The summed E-state index contributed by atoms with van der Waals surface area (Å²) in [7, 11) is 0. The number of fused-ring (bicyclic) bond motifs is 1. The second kappa shape index (κ2) is 5.50. The number of benzene rings is 2. The van der Waals surface area contributed by atoms with Crippen molar-refractivity contribution in [3.8, 4) is 0 Å². The highest BCUT2D eigenvalue weighted by molar-refractivity contribution is 7.19. The van der Waals surface area contributed by atoms with Crippen molar-refractivity contribution >= 4 is 21.4 Å². The maximum Gasteiger partial charge on any atom is 0.126 e. The maximum atomic E-state index is 13.6. The molecule has 3 rings (SSSR count). The highest BCUT2D eigenvalue weighted by Gasteiger charge is 2.15. The highest BCUT2D eigenvalue weighted by Crippen LogP contribution is 2.32. The zero-order valence-electron chi connectivity index (χ0n) is 10.8. The Hall–Kier alpha value is -1.85. The molecule has 1 nitrogen and oxygen atoms in total. The largest absolute Gasteiger partial charge is 0.387 e. The molecular formula is C16H11F3OS. The van der Waals surface area contributed by atoms with E-state index in [1.54, 1.807) is 12.1 Å². The fourth-order valence-electron chi connectivity index (χ4n) is 2.21. The maximum absolute atomic E-state index is 13.6. The summed E-state index contributed by atoms with van der Waals surface area (Å²) in [6.45, 7) is 0. The minimum atomic E-state index is -0.957. The fourth-order valence-corrected chi connectivity index (χ4v) is 3.24. The first-order chi connectivity index (χ1) is 10.0. The molecule has 0 aliphatic carbocycles. The fraction of sp³-hybridized carbons (Fsp3) is 0.125. The molecule has 0 aliphatic heterocycles. The van der Waals surface area contributed by atoms with Crippen LogP contribution in [0.25, 0.3) is 10.1 Å². The predicted octanol–water partition coefficient (Wildman–Crippen LogP) is 4.59. The van der Waals surface area contributed by atoms with Gasteiger partial charge in [-0.15, -0.1) is 11.3 Å². The first kappa shape index (κ1) is 14.1. The molecule has 1 heterocycles. The van der Waals surface area contributed by atoms with Crippen LogP contribution >= 0.6 is 11.3 Å². The zero-order chi connectivity index (χ0) is 15.0. The van der Waals surface area contributed by atoms with Crippen molar-refractivity contribution in [3.63, 3.8) is 0 Å². The van der Waals surface area contributed by atoms with Gasteiger partial charge >= 0.3 is 0 Å². The van der Waals surface area contributed by atoms with E-state index in [9.17, 15) is 18.3 Å². The van der Waals surface area contributed by atoms with Crippen LogP contribution in [-0.2, 0) is 6.42 Å². The Kier molecular flexibility index (Phi) is 3.69. The standard InChI is InChI=1S/C16H11F3OS/c17-11-1-3-13(19)9(5-11)7-14(20)16-8-10-6-12(18)2-4-15(10)21-16/h1-6,8,14,20H,7H2. The van der Waals surface area contributed by atoms with Crippen LogP contribution in [-0.4, -0.2) is 5.11 Å². The smallest absolute Gasteiger partial charge is 0.126 e. The molecule has 1 N–H and O–H groups in total. The molecule has 108 valence electrons. The van der Waals surface area contributed by atoms with E-state index in [1.807, 2.05) is 0 Å². The van der Waals surface area contributed by atoms with Gasteiger partial charge < -0.3 is 5.11 Å². The molecule has 0 amide bonds. The van der Waals surface area contributed by atoms with Crippen LogP contribution in [0.5, 0.6) is 0 Å². The van der Waals surface area contributed by atoms with Gasteiger partial charge in [-0.25, -0.2) is 13.2 Å². The summed E-state index contributed by atoms with van der Waals surface area (Å²) in [6, 6.07) is 9.18. The van der Waals surface area contributed by atoms with E-state index in [-0.39, 0.29) is 17.8 Å². The van der Waals surface area contributed by atoms with Crippen LogP contribution in [0, 0.1) is 17.5 Å². The Morgan fingerprint density at radius 1 is 0.952 bits per heavy atom. The number of hydrogen-bond donors (Lipinski definition) is 1. The summed E-state index contributed by atoms with van der Waals surface area (Å²) in [5.41, 5.74) is 0.117. The lowest BCUT2D eigenvalue weighted by atomic mass is 10.1. The molecule has 0 saturated heterocycles. The van der Waals surface area contributed by atoms with Crippen LogP contribution in [0.2, 0.25) is 0 Å². The van der Waals surface area contributed by atoms with Crippen LogP contribution in [0.1, 0.15) is 16.5 Å². The third kappa shape index (κ3) is 2.94. The van der Waals surface area contributed by atoms with Crippen molar-refractivity contribution in [2.24, 2.45) is 0 Å². The SMILES string of the molecule is OC(Cc1cc(F)ccc1F)c1cc2cc(F)ccc2s1. The van der Waals surface area contributed by atoms with Gasteiger partial charge in [0.1, 0.15) is 17.5 Å². The van der Waals surface area contributed by atoms with Gasteiger partial charge in [-0.1, -0.05) is 0 Å². The minimum Gasteiger partial charge on any atom is -0.387 e. The number of hydrogen-bond acceptors (Lipinski definition) is 2. The summed E-state index contributed by atoms with van der Waals surface area (Å²) in [6.07, 6.45) is -0.986. The average Bonchev–Trinajstić information content (AvgIpc) is 2.86. The van der Waals surface area contributed by atoms with E-state index in [0.29, 0.717) is 10.3 Å². The molecule has 1 aromatic heterocycles. The predicted molar refractivity (Wildman–Crippen MR) is 76.8 cm³/mol. The molecule has 1 unspecified atom stereocenters. The number of thiophene rings is 1. The Morgan fingerprint density at radius 3 is 2.48 bits per heavy atom. The van der Waals surface area contributed by atoms with Crippen LogP contribution in [0.4, 0.5) is 13.2 Å². The Morgan fingerprint density at radius 2 is 1.67 bits per heavy atom. The molecule has 0 aliphatic rings. The summed E-state index contributed by atoms with van der Waals surface area (Å²) in [4.78, 5) is 0.597. The lowest BCUT2D eigenvalue weighted by Gasteiger charge is -2.09. The molecule has 2 aromatic carbocycles. The van der Waals surface area contributed by atoms with E-state index >= 15 is 0 Å². The molecule has 0 radical (unpaired) electrons. The molecule has 1 atom stereocenters. The van der Waals surface area contributed by atoms with Crippen molar-refractivity contribution in [3.05, 3.63) is 70.4 Å². The normalized spacial score (nSPS) is 12.8. The molecule has 0 saturated carbocycles. The Balaban J connectivity index is 1.89. The molecule has 0 bridgehead atoms. The summed E-state index contributed by atoms with van der Waals surface area (Å²) in [5, 5.41) is 10.9. The van der Waals surface area contributed by atoms with Crippen molar-refractivity contribution in [2.75, 3.05) is 0 Å². The average molecular weight is 308 g/mol. The molecule has 0 fully saturated rings. The van der Waals surface area contributed by atoms with E-state index in [2.05, 4.69) is 0 Å². The lowest BCUT2D eigenvalue weighted by molar-refractivity contribution is 0.181. The highest BCUT2D eigenvalue weighted by atomic mass is 32.1. The van der Waals surface area contributed by atoms with E-state index in [4.69, 9.17) is 0 Å². The molecule has 21 heavy (non-hydrogen) atoms. The first-order valence-corrected chi connectivity index (χ1v) is 7.15. The summed E-state index contributed by atoms with van der Waals surface area (Å²) in [5.74, 6) is -1.45. The number of aliphatic hydroxyl groups is 1. The summed E-state index contributed by atoms with van der Waals surface area (Å²) < 4.78 is 40.7. The number of aliphatic hydroxyl groups excluding tert-OH is 1. The Labute approximate surface area is 123 Å². The molecule has 0 spiro atoms. The van der Waals surface area contributed by atoms with Crippen LogP contribution in [0.15, 0.2) is 42.5 Å². The van der Waals surface area contributed by atoms with Gasteiger partial charge in [0, 0.05) is 16.0 Å². The van der Waals surface area contributed by atoms with Gasteiger partial charge in [-0.2, -0.15) is 0 Å². The quantitative estimate of drug-likeness (QED) is 0.750. The second-order valence-corrected chi connectivity index (χ2v) is 5.90.